The van der Waals surface area contributed by atoms with E-state index < -0.39 is 0 Å². The van der Waals surface area contributed by atoms with E-state index in [2.05, 4.69) is 21.3 Å². The maximum absolute atomic E-state index is 12.6. The molecule has 1 amide bonds. The number of ether oxygens (including phenoxy) is 1. The van der Waals surface area contributed by atoms with E-state index in [1.807, 2.05) is 45.0 Å². The molecule has 1 atom stereocenters. The highest BCUT2D eigenvalue weighted by molar-refractivity contribution is 8.05. The summed E-state index contributed by atoms with van der Waals surface area (Å²) in [5, 5.41) is 7.54. The molecule has 0 saturated carbocycles. The molecule has 5 nitrogen and oxygen atoms in total. The monoisotopic (exact) mass is 487 g/mol. The van der Waals surface area contributed by atoms with Gasteiger partial charge in [-0.3, -0.25) is 4.79 Å². The summed E-state index contributed by atoms with van der Waals surface area (Å²) < 4.78 is 7.52. The molecule has 1 unspecified atom stereocenters. The van der Waals surface area contributed by atoms with E-state index in [9.17, 15) is 4.79 Å². The average Bonchev–Trinajstić information content (AvgIpc) is 3.22. The van der Waals surface area contributed by atoms with Gasteiger partial charge in [0.05, 0.1) is 17.7 Å². The fourth-order valence-electron chi connectivity index (χ4n) is 3.69. The Morgan fingerprint density at radius 2 is 1.91 bits per heavy atom. The highest BCUT2D eigenvalue weighted by Crippen LogP contribution is 2.35. The first-order valence-corrected chi connectivity index (χ1v) is 11.6. The molecule has 2 N–H and O–H groups in total. The minimum atomic E-state index is -0.333. The van der Waals surface area contributed by atoms with Crippen LogP contribution in [0.3, 0.4) is 0 Å². The SMILES string of the molecule is COc1ccc(Cl)cc1NC1NC(=O)/C(=C/c2cc(C)n(-c3ccc(C)c(Cl)c3)c2C)S1. The van der Waals surface area contributed by atoms with Crippen molar-refractivity contribution in [2.45, 2.75) is 26.3 Å². The van der Waals surface area contributed by atoms with Crippen molar-refractivity contribution in [3.63, 3.8) is 0 Å². The number of thioether (sulfide) groups is 1. The summed E-state index contributed by atoms with van der Waals surface area (Å²) in [7, 11) is 1.59. The summed E-state index contributed by atoms with van der Waals surface area (Å²) in [5.74, 6) is 0.527. The molecular weight excluding hydrogens is 465 g/mol. The van der Waals surface area contributed by atoms with Crippen LogP contribution in [-0.2, 0) is 4.79 Å². The Balaban J connectivity index is 1.59. The number of aromatic nitrogens is 1. The van der Waals surface area contributed by atoms with Crippen LogP contribution in [0.2, 0.25) is 10.0 Å². The Morgan fingerprint density at radius 1 is 1.12 bits per heavy atom. The number of nitrogens with one attached hydrogen (secondary N) is 2. The van der Waals surface area contributed by atoms with Crippen LogP contribution in [0.15, 0.2) is 47.4 Å². The summed E-state index contributed by atoms with van der Waals surface area (Å²) in [6, 6.07) is 13.4. The standard InChI is InChI=1S/C24H23Cl2N3O2S/c1-13-5-7-18(12-19(13)26)29-14(2)9-16(15(29)3)10-22-23(30)28-24(32-22)27-20-11-17(25)6-8-21(20)31-4/h5-12,24,27H,1-4H3,(H,28,30)/b22-10-. The van der Waals surface area contributed by atoms with Crippen LogP contribution in [-0.4, -0.2) is 23.1 Å². The number of methoxy groups -OCH3 is 1. The molecule has 8 heteroatoms. The summed E-state index contributed by atoms with van der Waals surface area (Å²) in [4.78, 5) is 13.3. The van der Waals surface area contributed by atoms with E-state index in [-0.39, 0.29) is 11.4 Å². The van der Waals surface area contributed by atoms with Crippen LogP contribution in [0.5, 0.6) is 5.75 Å². The molecule has 1 fully saturated rings. The van der Waals surface area contributed by atoms with E-state index >= 15 is 0 Å². The highest BCUT2D eigenvalue weighted by atomic mass is 35.5. The van der Waals surface area contributed by atoms with E-state index in [0.29, 0.717) is 21.4 Å². The van der Waals surface area contributed by atoms with Gasteiger partial charge < -0.3 is 19.9 Å². The minimum absolute atomic E-state index is 0.128. The second-order valence-corrected chi connectivity index (χ2v) is 9.55. The van der Waals surface area contributed by atoms with Gasteiger partial charge in [0.1, 0.15) is 5.75 Å². The number of carbonyl (C=O) groups excluding carboxylic acids is 1. The van der Waals surface area contributed by atoms with Crippen molar-refractivity contribution in [1.82, 2.24) is 9.88 Å². The van der Waals surface area contributed by atoms with Crippen LogP contribution in [0.25, 0.3) is 11.8 Å². The average molecular weight is 488 g/mol. The van der Waals surface area contributed by atoms with Gasteiger partial charge in [0, 0.05) is 27.1 Å². The molecule has 1 saturated heterocycles. The first-order valence-electron chi connectivity index (χ1n) is 10.0. The number of nitrogens with zero attached hydrogens (tertiary/aromatic N) is 1. The lowest BCUT2D eigenvalue weighted by atomic mass is 10.2. The highest BCUT2D eigenvalue weighted by Gasteiger charge is 2.28. The third-order valence-corrected chi connectivity index (χ3v) is 7.02. The fraction of sp³-hybridized carbons (Fsp3) is 0.208. The second-order valence-electron chi connectivity index (χ2n) is 7.56. The lowest BCUT2D eigenvalue weighted by Gasteiger charge is -2.15. The molecular formula is C24H23Cl2N3O2S. The topological polar surface area (TPSA) is 55.3 Å². The fourth-order valence-corrected chi connectivity index (χ4v) is 5.01. The van der Waals surface area contributed by atoms with Crippen LogP contribution < -0.4 is 15.4 Å². The van der Waals surface area contributed by atoms with E-state index in [0.717, 1.165) is 33.2 Å². The molecule has 0 bridgehead atoms. The number of hydrogen-bond donors (Lipinski definition) is 2. The van der Waals surface area contributed by atoms with Gasteiger partial charge in [0.25, 0.3) is 5.91 Å². The molecule has 0 spiro atoms. The number of benzene rings is 2. The third-order valence-electron chi connectivity index (χ3n) is 5.35. The summed E-state index contributed by atoms with van der Waals surface area (Å²) in [5.41, 5.74) is 5.50. The zero-order valence-electron chi connectivity index (χ0n) is 18.1. The van der Waals surface area contributed by atoms with Gasteiger partial charge in [-0.25, -0.2) is 0 Å². The van der Waals surface area contributed by atoms with Crippen molar-refractivity contribution in [2.75, 3.05) is 12.4 Å². The molecule has 32 heavy (non-hydrogen) atoms. The minimum Gasteiger partial charge on any atom is -0.495 e. The molecule has 0 radical (unpaired) electrons. The molecule has 4 rings (SSSR count). The van der Waals surface area contributed by atoms with Gasteiger partial charge in [0.2, 0.25) is 0 Å². The Bertz CT molecular complexity index is 1240. The second kappa shape index (κ2) is 9.14. The van der Waals surface area contributed by atoms with Gasteiger partial charge in [-0.2, -0.15) is 0 Å². The van der Waals surface area contributed by atoms with Crippen LogP contribution in [0, 0.1) is 20.8 Å². The van der Waals surface area contributed by atoms with Gasteiger partial charge >= 0.3 is 0 Å². The first kappa shape index (κ1) is 22.6. The lowest BCUT2D eigenvalue weighted by molar-refractivity contribution is -0.116. The number of anilines is 1. The number of hydrogen-bond acceptors (Lipinski definition) is 4. The largest absolute Gasteiger partial charge is 0.495 e. The molecule has 2 heterocycles. The Hall–Kier alpha value is -2.54. The van der Waals surface area contributed by atoms with Crippen molar-refractivity contribution < 1.29 is 9.53 Å². The van der Waals surface area contributed by atoms with Crippen LogP contribution >= 0.6 is 35.0 Å². The number of halogens is 2. The van der Waals surface area contributed by atoms with Crippen LogP contribution in [0.1, 0.15) is 22.5 Å². The zero-order chi connectivity index (χ0) is 23.0. The molecule has 2 aromatic carbocycles. The summed E-state index contributed by atoms with van der Waals surface area (Å²) in [6.07, 6.45) is 1.92. The Kier molecular flexibility index (Phi) is 6.47. The maximum Gasteiger partial charge on any atom is 0.260 e. The smallest absolute Gasteiger partial charge is 0.260 e. The van der Waals surface area contributed by atoms with E-state index in [1.54, 1.807) is 25.3 Å². The first-order chi connectivity index (χ1) is 15.3. The normalized spacial score (nSPS) is 17.0. The van der Waals surface area contributed by atoms with Gasteiger partial charge in [0.15, 0.2) is 5.50 Å². The van der Waals surface area contributed by atoms with Crippen molar-refractivity contribution >= 4 is 52.6 Å². The predicted octanol–water partition coefficient (Wildman–Crippen LogP) is 6.32. The van der Waals surface area contributed by atoms with E-state index in [1.165, 1.54) is 11.8 Å². The number of rotatable bonds is 5. The lowest BCUT2D eigenvalue weighted by Crippen LogP contribution is -2.31. The van der Waals surface area contributed by atoms with Gasteiger partial charge in [-0.05, 0) is 74.4 Å². The third kappa shape index (κ3) is 4.49. The molecule has 166 valence electrons. The van der Waals surface area contributed by atoms with Crippen LogP contribution in [0.4, 0.5) is 5.69 Å². The van der Waals surface area contributed by atoms with Crippen molar-refractivity contribution in [2.24, 2.45) is 0 Å². The Labute approximate surface area is 201 Å². The number of aryl methyl sites for hydroxylation is 2. The molecule has 1 aliphatic rings. The van der Waals surface area contributed by atoms with Crippen molar-refractivity contribution in [3.8, 4) is 11.4 Å². The van der Waals surface area contributed by atoms with Crippen molar-refractivity contribution in [3.05, 3.63) is 79.9 Å². The summed E-state index contributed by atoms with van der Waals surface area (Å²) in [6.45, 7) is 6.06. The van der Waals surface area contributed by atoms with Gasteiger partial charge in [-0.15, -0.1) is 0 Å². The van der Waals surface area contributed by atoms with Gasteiger partial charge in [-0.1, -0.05) is 41.0 Å². The van der Waals surface area contributed by atoms with Crippen molar-refractivity contribution in [1.29, 1.82) is 0 Å². The summed E-state index contributed by atoms with van der Waals surface area (Å²) >= 11 is 13.9. The molecule has 1 aliphatic heterocycles. The number of amides is 1. The quantitative estimate of drug-likeness (QED) is 0.413. The molecule has 0 aliphatic carbocycles. The number of carbonyl (C=O) groups is 1. The maximum atomic E-state index is 12.6. The Morgan fingerprint density at radius 3 is 2.62 bits per heavy atom. The zero-order valence-corrected chi connectivity index (χ0v) is 20.5. The van der Waals surface area contributed by atoms with E-state index in [4.69, 9.17) is 27.9 Å². The molecule has 1 aromatic heterocycles. The molecule has 3 aromatic rings. The predicted molar refractivity (Wildman–Crippen MR) is 134 cm³/mol.